The van der Waals surface area contributed by atoms with Crippen molar-refractivity contribution in [3.63, 3.8) is 0 Å². The van der Waals surface area contributed by atoms with Crippen molar-refractivity contribution >= 4 is 11.0 Å². The number of rotatable bonds is 0. The van der Waals surface area contributed by atoms with Crippen LogP contribution in [0.5, 0.6) is 0 Å². The van der Waals surface area contributed by atoms with Gasteiger partial charge in [0.1, 0.15) is 6.33 Å². The van der Waals surface area contributed by atoms with Gasteiger partial charge in [0.25, 0.3) is 5.56 Å². The minimum atomic E-state index is -0.465. The molecule has 2 aromatic rings. The standard InChI is InChI=1S/C7H6N4O2/c1-11-6(12)5-4(10-7(11)13)2-8-3-9-5/h2-3H,1H3,(H,10,13). The van der Waals surface area contributed by atoms with Crippen LogP contribution < -0.4 is 11.2 Å². The van der Waals surface area contributed by atoms with Crippen molar-refractivity contribution in [2.24, 2.45) is 7.05 Å². The van der Waals surface area contributed by atoms with Gasteiger partial charge in [0.15, 0.2) is 5.52 Å². The molecule has 0 saturated carbocycles. The lowest BCUT2D eigenvalue weighted by molar-refractivity contribution is 0.789. The van der Waals surface area contributed by atoms with E-state index < -0.39 is 11.2 Å². The molecule has 0 aromatic carbocycles. The number of aromatic amines is 1. The molecule has 0 aliphatic rings. The van der Waals surface area contributed by atoms with Crippen LogP contribution in [0.4, 0.5) is 0 Å². The van der Waals surface area contributed by atoms with Crippen molar-refractivity contribution in [3.8, 4) is 0 Å². The van der Waals surface area contributed by atoms with E-state index in [1.807, 2.05) is 0 Å². The molecule has 6 nitrogen and oxygen atoms in total. The van der Waals surface area contributed by atoms with E-state index in [0.717, 1.165) is 4.57 Å². The second-order valence-corrected chi connectivity index (χ2v) is 2.58. The normalized spacial score (nSPS) is 10.5. The number of hydrogen-bond acceptors (Lipinski definition) is 4. The molecular weight excluding hydrogens is 172 g/mol. The predicted octanol–water partition coefficient (Wildman–Crippen LogP) is -0.983. The Morgan fingerprint density at radius 1 is 1.46 bits per heavy atom. The zero-order valence-corrected chi connectivity index (χ0v) is 6.81. The first-order valence-electron chi connectivity index (χ1n) is 3.59. The molecule has 66 valence electrons. The third kappa shape index (κ3) is 1.03. The van der Waals surface area contributed by atoms with E-state index in [4.69, 9.17) is 0 Å². The minimum absolute atomic E-state index is 0.220. The number of nitrogens with zero attached hydrogens (tertiary/aromatic N) is 3. The molecule has 0 unspecified atom stereocenters. The van der Waals surface area contributed by atoms with Crippen LogP contribution in [-0.4, -0.2) is 19.5 Å². The van der Waals surface area contributed by atoms with Crippen LogP contribution in [0, 0.1) is 0 Å². The van der Waals surface area contributed by atoms with Crippen LogP contribution in [-0.2, 0) is 7.05 Å². The first-order valence-corrected chi connectivity index (χ1v) is 3.59. The van der Waals surface area contributed by atoms with Crippen molar-refractivity contribution in [1.82, 2.24) is 19.5 Å². The molecule has 1 N–H and O–H groups in total. The van der Waals surface area contributed by atoms with Crippen molar-refractivity contribution in [2.45, 2.75) is 0 Å². The summed E-state index contributed by atoms with van der Waals surface area (Å²) in [5.41, 5.74) is -0.304. The maximum absolute atomic E-state index is 11.4. The van der Waals surface area contributed by atoms with E-state index in [9.17, 15) is 9.59 Å². The highest BCUT2D eigenvalue weighted by atomic mass is 16.2. The molecule has 0 spiro atoms. The highest BCUT2D eigenvalue weighted by Crippen LogP contribution is 1.95. The molecule has 2 aromatic heterocycles. The number of H-pyrrole nitrogens is 1. The molecule has 0 amide bonds. The van der Waals surface area contributed by atoms with Crippen molar-refractivity contribution in [3.05, 3.63) is 33.4 Å². The summed E-state index contributed by atoms with van der Waals surface area (Å²) < 4.78 is 0.968. The summed E-state index contributed by atoms with van der Waals surface area (Å²) in [6.07, 6.45) is 2.66. The van der Waals surface area contributed by atoms with Crippen LogP contribution in [0.2, 0.25) is 0 Å². The maximum Gasteiger partial charge on any atom is 0.328 e. The molecule has 0 atom stereocenters. The van der Waals surface area contributed by atoms with E-state index in [1.165, 1.54) is 19.6 Å². The molecule has 0 radical (unpaired) electrons. The molecule has 0 saturated heterocycles. The third-order valence-corrected chi connectivity index (χ3v) is 1.77. The van der Waals surface area contributed by atoms with E-state index in [2.05, 4.69) is 15.0 Å². The van der Waals surface area contributed by atoms with Gasteiger partial charge in [-0.05, 0) is 0 Å². The summed E-state index contributed by atoms with van der Waals surface area (Å²) in [6.45, 7) is 0. The monoisotopic (exact) mass is 178 g/mol. The third-order valence-electron chi connectivity index (χ3n) is 1.77. The van der Waals surface area contributed by atoms with Crippen LogP contribution in [0.3, 0.4) is 0 Å². The van der Waals surface area contributed by atoms with Crippen molar-refractivity contribution in [1.29, 1.82) is 0 Å². The highest BCUT2D eigenvalue weighted by molar-refractivity contribution is 5.70. The number of nitrogens with one attached hydrogen (secondary N) is 1. The van der Waals surface area contributed by atoms with E-state index in [0.29, 0.717) is 5.52 Å². The highest BCUT2D eigenvalue weighted by Gasteiger charge is 2.03. The Morgan fingerprint density at radius 3 is 3.00 bits per heavy atom. The summed E-state index contributed by atoms with van der Waals surface area (Å²) in [5.74, 6) is 0. The van der Waals surface area contributed by atoms with Gasteiger partial charge in [0.2, 0.25) is 0 Å². The summed E-state index contributed by atoms with van der Waals surface area (Å²) in [6, 6.07) is 0. The lowest BCUT2D eigenvalue weighted by Gasteiger charge is -1.97. The van der Waals surface area contributed by atoms with Crippen LogP contribution in [0.25, 0.3) is 11.0 Å². The average Bonchev–Trinajstić information content (AvgIpc) is 2.15. The zero-order valence-electron chi connectivity index (χ0n) is 6.81. The quantitative estimate of drug-likeness (QED) is 0.562. The molecule has 0 fully saturated rings. The minimum Gasteiger partial charge on any atom is -0.304 e. The summed E-state index contributed by atoms with van der Waals surface area (Å²) in [4.78, 5) is 32.5. The molecule has 2 heterocycles. The van der Waals surface area contributed by atoms with Crippen molar-refractivity contribution in [2.75, 3.05) is 0 Å². The van der Waals surface area contributed by atoms with Gasteiger partial charge >= 0.3 is 5.69 Å². The van der Waals surface area contributed by atoms with Crippen LogP contribution in [0.15, 0.2) is 22.1 Å². The number of hydrogen-bond donors (Lipinski definition) is 1. The van der Waals surface area contributed by atoms with E-state index >= 15 is 0 Å². The van der Waals surface area contributed by atoms with Gasteiger partial charge in [-0.2, -0.15) is 0 Å². The molecule has 2 rings (SSSR count). The Labute approximate surface area is 71.9 Å². The van der Waals surface area contributed by atoms with Gasteiger partial charge in [-0.1, -0.05) is 0 Å². The van der Waals surface area contributed by atoms with Gasteiger partial charge < -0.3 is 4.98 Å². The van der Waals surface area contributed by atoms with Gasteiger partial charge in [-0.25, -0.2) is 14.8 Å². The Morgan fingerprint density at radius 2 is 2.23 bits per heavy atom. The van der Waals surface area contributed by atoms with Gasteiger partial charge in [0, 0.05) is 7.05 Å². The number of fused-ring (bicyclic) bond motifs is 1. The largest absolute Gasteiger partial charge is 0.328 e. The molecule has 0 aliphatic heterocycles. The Kier molecular flexibility index (Phi) is 1.48. The zero-order chi connectivity index (χ0) is 9.42. The van der Waals surface area contributed by atoms with E-state index in [1.54, 1.807) is 0 Å². The van der Waals surface area contributed by atoms with Gasteiger partial charge in [-0.3, -0.25) is 9.36 Å². The molecular formula is C7H6N4O2. The molecule has 13 heavy (non-hydrogen) atoms. The molecule has 0 bridgehead atoms. The predicted molar refractivity (Wildman–Crippen MR) is 45.4 cm³/mol. The average molecular weight is 178 g/mol. The topological polar surface area (TPSA) is 80.6 Å². The molecule has 0 aliphatic carbocycles. The smallest absolute Gasteiger partial charge is 0.304 e. The SMILES string of the molecule is Cn1c(=O)[nH]c2cncnc2c1=O. The van der Waals surface area contributed by atoms with Crippen molar-refractivity contribution < 1.29 is 0 Å². The van der Waals surface area contributed by atoms with E-state index in [-0.39, 0.29) is 5.52 Å². The lowest BCUT2D eigenvalue weighted by Crippen LogP contribution is -2.32. The fourth-order valence-electron chi connectivity index (χ4n) is 1.04. The van der Waals surface area contributed by atoms with Crippen LogP contribution >= 0.6 is 0 Å². The first-order chi connectivity index (χ1) is 6.20. The summed E-state index contributed by atoms with van der Waals surface area (Å²) in [5, 5.41) is 0. The fourth-order valence-corrected chi connectivity index (χ4v) is 1.04. The summed E-state index contributed by atoms with van der Waals surface area (Å²) in [7, 11) is 1.39. The molecule has 6 heteroatoms. The van der Waals surface area contributed by atoms with Gasteiger partial charge in [-0.15, -0.1) is 0 Å². The maximum atomic E-state index is 11.4. The van der Waals surface area contributed by atoms with Gasteiger partial charge in [0.05, 0.1) is 11.7 Å². The second-order valence-electron chi connectivity index (χ2n) is 2.58. The Bertz CT molecular complexity index is 568. The fraction of sp³-hybridized carbons (Fsp3) is 0.143. The first kappa shape index (κ1) is 7.66. The Balaban J connectivity index is 3.12. The Hall–Kier alpha value is -1.98. The second kappa shape index (κ2) is 2.51. The number of aromatic nitrogens is 4. The van der Waals surface area contributed by atoms with Crippen LogP contribution in [0.1, 0.15) is 0 Å². The summed E-state index contributed by atoms with van der Waals surface area (Å²) >= 11 is 0. The lowest BCUT2D eigenvalue weighted by atomic mass is 10.4.